The first kappa shape index (κ1) is 28.1. The Morgan fingerprint density at radius 2 is 0.938 bits per heavy atom. The number of allylic oxidation sites excluding steroid dienone is 3. The van der Waals surface area contributed by atoms with Gasteiger partial charge in [-0.25, -0.2) is 0 Å². The van der Waals surface area contributed by atoms with E-state index in [1.54, 1.807) is 0 Å². The molecule has 0 aromatic heterocycles. The van der Waals surface area contributed by atoms with Crippen molar-refractivity contribution in [3.63, 3.8) is 0 Å². The van der Waals surface area contributed by atoms with E-state index in [0.29, 0.717) is 0 Å². The van der Waals surface area contributed by atoms with Gasteiger partial charge in [-0.2, -0.15) is 0 Å². The predicted molar refractivity (Wildman–Crippen MR) is 202 cm³/mol. The van der Waals surface area contributed by atoms with Gasteiger partial charge in [-0.3, -0.25) is 0 Å². The van der Waals surface area contributed by atoms with Crippen LogP contribution in [0.25, 0.3) is 21.9 Å². The third-order valence-electron chi connectivity index (χ3n) is 9.78. The molecule has 0 radical (unpaired) electrons. The van der Waals surface area contributed by atoms with Crippen LogP contribution < -0.4 is 9.80 Å². The zero-order valence-corrected chi connectivity index (χ0v) is 26.5. The fourth-order valence-electron chi connectivity index (χ4n) is 7.67. The first-order chi connectivity index (χ1) is 23.8. The Balaban J connectivity index is 1.24. The third-order valence-corrected chi connectivity index (χ3v) is 9.78. The summed E-state index contributed by atoms with van der Waals surface area (Å²) < 4.78 is 0. The molecule has 2 atom stereocenters. The van der Waals surface area contributed by atoms with Gasteiger partial charge in [0, 0.05) is 46.0 Å². The topological polar surface area (TPSA) is 6.48 Å². The van der Waals surface area contributed by atoms with Gasteiger partial charge in [0.25, 0.3) is 0 Å². The number of nitrogens with zero attached hydrogens (tertiary/aromatic N) is 2. The van der Waals surface area contributed by atoms with Crippen molar-refractivity contribution < 1.29 is 0 Å². The summed E-state index contributed by atoms with van der Waals surface area (Å²) >= 11 is 0. The second-order valence-corrected chi connectivity index (χ2v) is 12.5. The highest BCUT2D eigenvalue weighted by Crippen LogP contribution is 2.54. The van der Waals surface area contributed by atoms with Crippen molar-refractivity contribution in [2.45, 2.75) is 11.8 Å². The summed E-state index contributed by atoms with van der Waals surface area (Å²) in [4.78, 5) is 4.74. The minimum atomic E-state index is 0.179. The van der Waals surface area contributed by atoms with E-state index in [9.17, 15) is 0 Å². The van der Waals surface area contributed by atoms with E-state index in [1.165, 1.54) is 38.7 Å². The highest BCUT2D eigenvalue weighted by atomic mass is 15.1. The van der Waals surface area contributed by atoms with Gasteiger partial charge in [0.15, 0.2) is 0 Å². The summed E-state index contributed by atoms with van der Waals surface area (Å²) in [7, 11) is 0. The maximum absolute atomic E-state index is 2.51. The molecule has 9 rings (SSSR count). The Morgan fingerprint density at radius 1 is 0.396 bits per heavy atom. The van der Waals surface area contributed by atoms with Crippen molar-refractivity contribution in [1.29, 1.82) is 0 Å². The van der Waals surface area contributed by atoms with E-state index in [-0.39, 0.29) is 11.8 Å². The summed E-state index contributed by atoms with van der Waals surface area (Å²) in [6, 6.07) is 63.4. The van der Waals surface area contributed by atoms with Crippen LogP contribution >= 0.6 is 0 Å². The lowest BCUT2D eigenvalue weighted by Crippen LogP contribution is -2.23. The Bertz CT molecular complexity index is 2210. The fraction of sp³-hybridized carbons (Fsp3) is 0.0435. The van der Waals surface area contributed by atoms with Crippen LogP contribution in [-0.4, -0.2) is 0 Å². The van der Waals surface area contributed by atoms with Gasteiger partial charge < -0.3 is 9.80 Å². The molecule has 7 aromatic rings. The smallest absolute Gasteiger partial charge is 0.0467 e. The Hall–Kier alpha value is -6.12. The molecule has 0 heterocycles. The van der Waals surface area contributed by atoms with Crippen molar-refractivity contribution in [3.8, 4) is 11.1 Å². The zero-order valence-electron chi connectivity index (χ0n) is 26.5. The van der Waals surface area contributed by atoms with Gasteiger partial charge in [-0.15, -0.1) is 0 Å². The lowest BCUT2D eigenvalue weighted by Gasteiger charge is -2.38. The number of para-hydroxylation sites is 4. The van der Waals surface area contributed by atoms with E-state index >= 15 is 0 Å². The maximum atomic E-state index is 2.51. The van der Waals surface area contributed by atoms with Gasteiger partial charge in [-0.05, 0) is 99.8 Å². The molecule has 2 heteroatoms. The SMILES string of the molecule is C1=CC2c3ccc(N(c4ccccc4)c4ccccc4)cc3-c3ccc4ccccc4c3C2C=C1N(c1ccccc1)c1ccccc1. The average Bonchev–Trinajstić information content (AvgIpc) is 3.16. The molecule has 2 aliphatic rings. The van der Waals surface area contributed by atoms with Gasteiger partial charge in [-0.1, -0.05) is 127 Å². The molecule has 228 valence electrons. The molecule has 0 saturated heterocycles. The van der Waals surface area contributed by atoms with E-state index in [1.807, 2.05) is 0 Å². The molecule has 2 nitrogen and oxygen atoms in total. The van der Waals surface area contributed by atoms with Crippen molar-refractivity contribution in [3.05, 3.63) is 211 Å². The normalized spacial score (nSPS) is 16.0. The van der Waals surface area contributed by atoms with Crippen LogP contribution in [-0.2, 0) is 0 Å². The third kappa shape index (κ3) is 4.82. The van der Waals surface area contributed by atoms with Crippen LogP contribution in [0, 0.1) is 0 Å². The molecule has 0 fully saturated rings. The number of benzene rings is 7. The fourth-order valence-corrected chi connectivity index (χ4v) is 7.67. The second-order valence-electron chi connectivity index (χ2n) is 12.5. The molecule has 0 bridgehead atoms. The van der Waals surface area contributed by atoms with Crippen LogP contribution in [0.1, 0.15) is 23.0 Å². The minimum Gasteiger partial charge on any atom is -0.311 e. The quantitative estimate of drug-likeness (QED) is 0.184. The minimum absolute atomic E-state index is 0.179. The molecule has 0 amide bonds. The molecule has 2 unspecified atom stereocenters. The van der Waals surface area contributed by atoms with E-state index < -0.39 is 0 Å². The van der Waals surface area contributed by atoms with Gasteiger partial charge in [0.05, 0.1) is 0 Å². The monoisotopic (exact) mass is 614 g/mol. The van der Waals surface area contributed by atoms with Crippen molar-refractivity contribution >= 4 is 39.2 Å². The molecule has 0 saturated carbocycles. The van der Waals surface area contributed by atoms with Crippen LogP contribution in [0.4, 0.5) is 28.4 Å². The highest BCUT2D eigenvalue weighted by molar-refractivity contribution is 5.96. The lowest BCUT2D eigenvalue weighted by atomic mass is 9.68. The average molecular weight is 615 g/mol. The molecule has 0 spiro atoms. The van der Waals surface area contributed by atoms with Crippen LogP contribution in [0.15, 0.2) is 200 Å². The summed E-state index contributed by atoms with van der Waals surface area (Å²) in [5, 5.41) is 2.60. The first-order valence-corrected chi connectivity index (χ1v) is 16.7. The van der Waals surface area contributed by atoms with Crippen molar-refractivity contribution in [2.24, 2.45) is 0 Å². The number of hydrogen-bond donors (Lipinski definition) is 0. The maximum Gasteiger partial charge on any atom is 0.0467 e. The lowest BCUT2D eigenvalue weighted by molar-refractivity contribution is 0.716. The summed E-state index contributed by atoms with van der Waals surface area (Å²) in [5.41, 5.74) is 12.3. The summed E-state index contributed by atoms with van der Waals surface area (Å²) in [6.45, 7) is 0. The van der Waals surface area contributed by atoms with Crippen molar-refractivity contribution in [1.82, 2.24) is 0 Å². The summed E-state index contributed by atoms with van der Waals surface area (Å²) in [5.74, 6) is 0.394. The Labute approximate surface area is 282 Å². The van der Waals surface area contributed by atoms with Crippen molar-refractivity contribution in [2.75, 3.05) is 9.80 Å². The number of rotatable bonds is 6. The van der Waals surface area contributed by atoms with Crippen LogP contribution in [0.5, 0.6) is 0 Å². The molecule has 0 N–H and O–H groups in total. The number of anilines is 5. The first-order valence-electron chi connectivity index (χ1n) is 16.7. The second kappa shape index (κ2) is 11.9. The highest BCUT2D eigenvalue weighted by Gasteiger charge is 2.35. The Morgan fingerprint density at radius 3 is 1.54 bits per heavy atom. The van der Waals surface area contributed by atoms with Crippen LogP contribution in [0.2, 0.25) is 0 Å². The Kier molecular flexibility index (Phi) is 6.98. The number of hydrogen-bond acceptors (Lipinski definition) is 2. The zero-order chi connectivity index (χ0) is 31.9. The van der Waals surface area contributed by atoms with E-state index in [0.717, 1.165) is 28.4 Å². The molecule has 0 aliphatic heterocycles. The van der Waals surface area contributed by atoms with E-state index in [2.05, 4.69) is 204 Å². The molecular weight excluding hydrogens is 581 g/mol. The molecule has 7 aromatic carbocycles. The molecule has 48 heavy (non-hydrogen) atoms. The van der Waals surface area contributed by atoms with Gasteiger partial charge in [0.1, 0.15) is 0 Å². The molecular formula is C46H34N2. The standard InChI is InChI=1S/C46H34N2/c1-5-16-34(17-6-1)47(35-18-7-2-8-19-35)38-26-29-41-42-30-27-39(48(36-20-9-3-10-21-36)37-22-11-4-12-23-37)32-45(42)46-40-24-14-13-15-33(40)25-28-43(46)44(41)31-38/h1-32,42,45H. The predicted octanol–water partition coefficient (Wildman–Crippen LogP) is 12.4. The largest absolute Gasteiger partial charge is 0.311 e. The number of fused-ring (bicyclic) bond motifs is 8. The summed E-state index contributed by atoms with van der Waals surface area (Å²) in [6.07, 6.45) is 7.27. The van der Waals surface area contributed by atoms with Gasteiger partial charge >= 0.3 is 0 Å². The van der Waals surface area contributed by atoms with E-state index in [4.69, 9.17) is 0 Å². The van der Waals surface area contributed by atoms with Gasteiger partial charge in [0.2, 0.25) is 0 Å². The molecule has 2 aliphatic carbocycles. The van der Waals surface area contributed by atoms with Crippen LogP contribution in [0.3, 0.4) is 0 Å².